The molecule has 0 aliphatic rings. The van der Waals surface area contributed by atoms with Gasteiger partial charge in [0.05, 0.1) is 12.6 Å². The third-order valence-corrected chi connectivity index (χ3v) is 7.74. The van der Waals surface area contributed by atoms with Gasteiger partial charge < -0.3 is 68.6 Å². The first kappa shape index (κ1) is 58.3. The normalized spacial score (nSPS) is 11.1. The largest absolute Gasteiger partial charge is 1.00 e. The number of carbonyl (C=O) groups is 2. The summed E-state index contributed by atoms with van der Waals surface area (Å²) in [5.41, 5.74) is 3.00. The van der Waals surface area contributed by atoms with Crippen LogP contribution in [0.4, 0.5) is 16.2 Å². The summed E-state index contributed by atoms with van der Waals surface area (Å²) < 4.78 is 1.78. The zero-order valence-electron chi connectivity index (χ0n) is 32.6. The van der Waals surface area contributed by atoms with Crippen molar-refractivity contribution in [2.45, 2.75) is 60.0 Å². The van der Waals surface area contributed by atoms with E-state index in [0.717, 1.165) is 14.8 Å². The van der Waals surface area contributed by atoms with Gasteiger partial charge in [0.2, 0.25) is 0 Å². The van der Waals surface area contributed by atoms with Gasteiger partial charge in [-0.3, -0.25) is 34.2 Å². The fourth-order valence-electron chi connectivity index (χ4n) is 4.72. The molecule has 0 aliphatic heterocycles. The van der Waals surface area contributed by atoms with Crippen LogP contribution in [-0.4, -0.2) is 60.6 Å². The minimum Gasteiger partial charge on any atom is -1.00 e. The molecule has 2 amide bonds. The van der Waals surface area contributed by atoms with Crippen molar-refractivity contribution in [3.8, 4) is 0 Å². The number of rotatable bonds is 10. The van der Waals surface area contributed by atoms with Gasteiger partial charge in [0.25, 0.3) is 17.0 Å². The van der Waals surface area contributed by atoms with Gasteiger partial charge in [0.15, 0.2) is 6.54 Å². The summed E-state index contributed by atoms with van der Waals surface area (Å²) in [6.45, 7) is 8.85. The molecule has 0 aliphatic carbocycles. The van der Waals surface area contributed by atoms with Crippen LogP contribution in [0.5, 0.6) is 0 Å². The molecule has 20 heteroatoms. The van der Waals surface area contributed by atoms with E-state index in [1.165, 1.54) is 42.6 Å². The molecule has 0 saturated heterocycles. The molecule has 1 atom stereocenters. The number of amides is 2. The molecule has 0 unspecified atom stereocenters. The molecule has 0 bridgehead atoms. The summed E-state index contributed by atoms with van der Waals surface area (Å²) in [5, 5.41) is 6.12. The van der Waals surface area contributed by atoms with Crippen molar-refractivity contribution in [2.24, 2.45) is 25.8 Å². The number of hydrogen-bond donors (Lipinski definition) is 6. The van der Waals surface area contributed by atoms with Crippen LogP contribution < -0.4 is 144 Å². The van der Waals surface area contributed by atoms with E-state index in [-0.39, 0.29) is 136 Å². The number of aromatic nitrogens is 4. The number of carbonyl (C=O) groups excluding carboxylic acids is 2. The molecule has 306 valence electrons. The Balaban J connectivity index is -0.000000797. The number of quaternary nitrogens is 1. The SMILES string of the molecule is C.CC(C)c1ccc(NC(=O)C[N@@+](C)(N)Cc2c[nH]c(=O)n(C)c2=O)cc1.CC(C)c1ccc(NC(=O)Cl)cc1.CN(N)Cc1c[nH]c(=O)n(C)c1=O.[I-].[I-].[K+]. The molecule has 16 nitrogen and oxygen atoms in total. The van der Waals surface area contributed by atoms with Gasteiger partial charge in [-0.15, -0.1) is 0 Å². The van der Waals surface area contributed by atoms with Crippen LogP contribution in [0.15, 0.2) is 80.1 Å². The first-order valence-electron chi connectivity index (χ1n) is 16.3. The first-order valence-corrected chi connectivity index (χ1v) is 16.7. The molecule has 2 aromatic carbocycles. The van der Waals surface area contributed by atoms with E-state index in [9.17, 15) is 28.8 Å². The van der Waals surface area contributed by atoms with Gasteiger partial charge >= 0.3 is 68.1 Å². The fraction of sp³-hybridized carbons (Fsp3) is 0.389. The molecule has 0 radical (unpaired) electrons. The van der Waals surface area contributed by atoms with Crippen LogP contribution in [0.3, 0.4) is 0 Å². The fourth-order valence-corrected chi connectivity index (χ4v) is 4.82. The number of aromatic amines is 2. The number of nitrogens with one attached hydrogen (secondary N) is 4. The standard InChI is InChI=1S/C18H25N5O3.C10H12ClNO.C7H12N4O2.CH4.2HI.K/c1-12(2)13-5-7-15(8-6-13)21-16(24)11-23(4,19)10-14-9-20-18(26)22(3)17(14)25;1-7(2)8-3-5-9(6-4-8)12-10(11)13;1-10(8)4-5-3-9-7(13)11(2)6(5)12;;;;/h5-9,12H,10-11,19H2,1-4H3,(H-,20,21,24,25,26);3-7H,1-2H3,(H,12,13);3H,4,8H2,1-2H3,(H,9,13);1H4;2*1H;/q;;;;;;+1/p-1/t23-;;;;;;/m0....../s1. The van der Waals surface area contributed by atoms with Crippen molar-refractivity contribution < 1.29 is 114 Å². The van der Waals surface area contributed by atoms with E-state index in [1.54, 1.807) is 14.1 Å². The second kappa shape index (κ2) is 27.6. The molecule has 56 heavy (non-hydrogen) atoms. The van der Waals surface area contributed by atoms with E-state index in [1.807, 2.05) is 48.5 Å². The average molecular weight is 1050 g/mol. The summed E-state index contributed by atoms with van der Waals surface area (Å²) in [7, 11) is 6.09. The zero-order chi connectivity index (χ0) is 39.3. The van der Waals surface area contributed by atoms with Gasteiger partial charge in [0.1, 0.15) is 6.54 Å². The molecule has 2 aromatic heterocycles. The molecule has 4 rings (SSSR count). The van der Waals surface area contributed by atoms with Crippen LogP contribution in [0.25, 0.3) is 0 Å². The van der Waals surface area contributed by atoms with Crippen LogP contribution >= 0.6 is 11.6 Å². The predicted molar refractivity (Wildman–Crippen MR) is 210 cm³/mol. The Morgan fingerprint density at radius 1 is 0.786 bits per heavy atom. The number of hydrazine groups is 1. The number of halogens is 3. The Kier molecular flexibility index (Phi) is 28.7. The Morgan fingerprint density at radius 3 is 1.54 bits per heavy atom. The summed E-state index contributed by atoms with van der Waals surface area (Å²) >= 11 is 5.16. The molecular formula is C36H54ClI2KN10O6. The molecule has 0 fully saturated rings. The smallest absolute Gasteiger partial charge is 1.00 e. The van der Waals surface area contributed by atoms with Crippen molar-refractivity contribution in [2.75, 3.05) is 31.3 Å². The minimum absolute atomic E-state index is 0. The summed E-state index contributed by atoms with van der Waals surface area (Å²) in [6.07, 6.45) is 2.73. The van der Waals surface area contributed by atoms with Crippen molar-refractivity contribution in [1.29, 1.82) is 0 Å². The Hall–Kier alpha value is -2.03. The molecule has 4 aromatic rings. The van der Waals surface area contributed by atoms with Gasteiger partial charge in [-0.1, -0.05) is 59.4 Å². The van der Waals surface area contributed by atoms with Gasteiger partial charge in [-0.2, -0.15) is 5.84 Å². The molecule has 0 spiro atoms. The number of H-pyrrole nitrogens is 2. The zero-order valence-corrected chi connectivity index (χ0v) is 40.8. The van der Waals surface area contributed by atoms with E-state index >= 15 is 0 Å². The number of hydrogen-bond acceptors (Lipinski definition) is 9. The van der Waals surface area contributed by atoms with Crippen LogP contribution in [0.1, 0.15) is 69.2 Å². The quantitative estimate of drug-likeness (QED) is 0.0169. The predicted octanol–water partition coefficient (Wildman–Crippen LogP) is -5.74. The summed E-state index contributed by atoms with van der Waals surface area (Å²) in [5.74, 6) is 12.2. The number of benzene rings is 2. The molecule has 0 saturated carbocycles. The maximum absolute atomic E-state index is 12.3. The molecular weight excluding hydrogens is 997 g/mol. The van der Waals surface area contributed by atoms with Gasteiger partial charge in [-0.05, 0) is 58.8 Å². The number of nitrogens with two attached hydrogens (primary N) is 2. The van der Waals surface area contributed by atoms with Crippen LogP contribution in [-0.2, 0) is 32.0 Å². The van der Waals surface area contributed by atoms with E-state index in [4.69, 9.17) is 23.3 Å². The molecule has 2 heterocycles. The third kappa shape index (κ3) is 20.1. The summed E-state index contributed by atoms with van der Waals surface area (Å²) in [6, 6.07) is 15.3. The monoisotopic (exact) mass is 1050 g/mol. The maximum Gasteiger partial charge on any atom is 1.00 e. The second-order valence-electron chi connectivity index (χ2n) is 13.2. The van der Waals surface area contributed by atoms with Crippen LogP contribution in [0.2, 0.25) is 0 Å². The van der Waals surface area contributed by atoms with E-state index < -0.39 is 22.3 Å². The van der Waals surface area contributed by atoms with Gasteiger partial charge in [-0.25, -0.2) is 19.2 Å². The van der Waals surface area contributed by atoms with Crippen molar-refractivity contribution >= 4 is 34.2 Å². The maximum atomic E-state index is 12.3. The number of anilines is 2. The van der Waals surface area contributed by atoms with E-state index in [0.29, 0.717) is 35.2 Å². The Bertz CT molecular complexity index is 2050. The summed E-state index contributed by atoms with van der Waals surface area (Å²) in [4.78, 5) is 73.5. The van der Waals surface area contributed by atoms with E-state index in [2.05, 4.69) is 48.3 Å². The average Bonchev–Trinajstić information content (AvgIpc) is 3.05. The third-order valence-electron chi connectivity index (χ3n) is 7.64. The van der Waals surface area contributed by atoms with Crippen LogP contribution in [0, 0.1) is 0 Å². The first-order chi connectivity index (χ1) is 24.2. The Labute approximate surface area is 409 Å². The van der Waals surface area contributed by atoms with Crippen molar-refractivity contribution in [3.63, 3.8) is 0 Å². The van der Waals surface area contributed by atoms with Crippen molar-refractivity contribution in [3.05, 3.63) is 125 Å². The minimum atomic E-state index is -0.558. The topological polar surface area (TPSA) is 223 Å². The molecule has 8 N–H and O–H groups in total. The van der Waals surface area contributed by atoms with Gasteiger partial charge in [0, 0.05) is 57.0 Å². The Morgan fingerprint density at radius 2 is 1.16 bits per heavy atom. The second-order valence-corrected chi connectivity index (χ2v) is 13.5. The number of nitrogens with zero attached hydrogens (tertiary/aromatic N) is 4. The van der Waals surface area contributed by atoms with Crippen molar-refractivity contribution in [1.82, 2.24) is 24.1 Å². The number of likely N-dealkylation sites (N-methyl/N-ethyl adjacent to an activating group) is 1.